The van der Waals surface area contributed by atoms with Gasteiger partial charge in [0.15, 0.2) is 17.1 Å². The molecular weight excluding hydrogens is 224 g/mol. The average Bonchev–Trinajstić information content (AvgIpc) is 2.87. The number of aromatic nitrogens is 2. The minimum Gasteiger partial charge on any atom is -0.443 e. The number of thiophene rings is 1. The lowest BCUT2D eigenvalue weighted by atomic mass is 10.4. The van der Waals surface area contributed by atoms with Crippen LogP contribution >= 0.6 is 11.3 Å². The van der Waals surface area contributed by atoms with Gasteiger partial charge < -0.3 is 4.74 Å². The van der Waals surface area contributed by atoms with E-state index < -0.39 is 0 Å². The summed E-state index contributed by atoms with van der Waals surface area (Å²) >= 11 is 1.32. The smallest absolute Gasteiger partial charge is 0.181 e. The van der Waals surface area contributed by atoms with Crippen LogP contribution in [0.4, 0.5) is 0 Å². The summed E-state index contributed by atoms with van der Waals surface area (Å²) in [7, 11) is 0. The highest BCUT2D eigenvalue weighted by molar-refractivity contribution is 7.15. The zero-order valence-electron chi connectivity index (χ0n) is 9.08. The maximum atomic E-state index is 10.5. The van der Waals surface area contributed by atoms with E-state index in [0.29, 0.717) is 21.7 Å². The lowest BCUT2D eigenvalue weighted by Gasteiger charge is -2.02. The molecule has 0 saturated carbocycles. The second-order valence-electron chi connectivity index (χ2n) is 3.63. The quantitative estimate of drug-likeness (QED) is 0.766. The molecule has 4 nitrogen and oxygen atoms in total. The van der Waals surface area contributed by atoms with Gasteiger partial charge in [0.1, 0.15) is 0 Å². The Bertz CT molecular complexity index is 488. The van der Waals surface area contributed by atoms with Gasteiger partial charge in [0, 0.05) is 6.04 Å². The topological polar surface area (TPSA) is 44.1 Å². The van der Waals surface area contributed by atoms with Crippen LogP contribution in [0.2, 0.25) is 0 Å². The van der Waals surface area contributed by atoms with Crippen LogP contribution in [-0.2, 0) is 0 Å². The molecule has 16 heavy (non-hydrogen) atoms. The van der Waals surface area contributed by atoms with E-state index in [-0.39, 0.29) is 0 Å². The van der Waals surface area contributed by atoms with Gasteiger partial charge in [-0.25, -0.2) is 0 Å². The van der Waals surface area contributed by atoms with Crippen molar-refractivity contribution >= 4 is 17.6 Å². The predicted octanol–water partition coefficient (Wildman–Crippen LogP) is 3.13. The SMILES string of the molecule is CC(C)n1cc(Oc2ccc(C=O)s2)cn1. The van der Waals surface area contributed by atoms with Crippen molar-refractivity contribution in [3.63, 3.8) is 0 Å². The number of carbonyl (C=O) groups is 1. The third kappa shape index (κ3) is 2.30. The molecule has 0 bridgehead atoms. The lowest BCUT2D eigenvalue weighted by molar-refractivity contribution is 0.112. The minimum absolute atomic E-state index is 0.311. The standard InChI is InChI=1S/C11H12N2O2S/c1-8(2)13-6-9(5-12-13)15-11-4-3-10(7-14)16-11/h3-8H,1-2H3. The number of hydrogen-bond donors (Lipinski definition) is 0. The molecule has 0 fully saturated rings. The Morgan fingerprint density at radius 3 is 2.88 bits per heavy atom. The minimum atomic E-state index is 0.311. The maximum Gasteiger partial charge on any atom is 0.181 e. The van der Waals surface area contributed by atoms with Crippen LogP contribution in [0.3, 0.4) is 0 Å². The third-order valence-electron chi connectivity index (χ3n) is 2.04. The summed E-state index contributed by atoms with van der Waals surface area (Å²) in [6.07, 6.45) is 4.32. The molecule has 0 N–H and O–H groups in total. The summed E-state index contributed by atoms with van der Waals surface area (Å²) in [5, 5.41) is 4.87. The number of carbonyl (C=O) groups excluding carboxylic acids is 1. The van der Waals surface area contributed by atoms with Gasteiger partial charge in [-0.2, -0.15) is 5.10 Å². The monoisotopic (exact) mass is 236 g/mol. The summed E-state index contributed by atoms with van der Waals surface area (Å²) in [5.74, 6) is 0.688. The van der Waals surface area contributed by atoms with E-state index in [1.54, 1.807) is 18.3 Å². The maximum absolute atomic E-state index is 10.5. The Hall–Kier alpha value is -1.62. The van der Waals surface area contributed by atoms with Gasteiger partial charge in [0.05, 0.1) is 17.3 Å². The van der Waals surface area contributed by atoms with Crippen molar-refractivity contribution in [1.29, 1.82) is 0 Å². The van der Waals surface area contributed by atoms with Crippen molar-refractivity contribution in [1.82, 2.24) is 9.78 Å². The molecule has 84 valence electrons. The third-order valence-corrected chi connectivity index (χ3v) is 2.93. The molecule has 2 aromatic heterocycles. The second kappa shape index (κ2) is 4.49. The molecule has 0 radical (unpaired) electrons. The molecule has 2 heterocycles. The number of rotatable bonds is 4. The molecule has 0 amide bonds. The van der Waals surface area contributed by atoms with Crippen LogP contribution in [0.15, 0.2) is 24.5 Å². The first-order chi connectivity index (χ1) is 7.69. The highest BCUT2D eigenvalue weighted by atomic mass is 32.1. The number of hydrogen-bond acceptors (Lipinski definition) is 4. The van der Waals surface area contributed by atoms with Crippen molar-refractivity contribution in [3.05, 3.63) is 29.4 Å². The average molecular weight is 236 g/mol. The summed E-state index contributed by atoms with van der Waals surface area (Å²) in [4.78, 5) is 11.2. The van der Waals surface area contributed by atoms with Gasteiger partial charge in [0.25, 0.3) is 0 Å². The molecule has 0 aliphatic rings. The zero-order chi connectivity index (χ0) is 11.5. The van der Waals surface area contributed by atoms with Crippen molar-refractivity contribution in [2.45, 2.75) is 19.9 Å². The van der Waals surface area contributed by atoms with Crippen LogP contribution in [0, 0.1) is 0 Å². The van der Waals surface area contributed by atoms with Gasteiger partial charge >= 0.3 is 0 Å². The number of aldehydes is 1. The first kappa shape index (κ1) is 10.9. The normalized spacial score (nSPS) is 10.7. The molecule has 0 saturated heterocycles. The van der Waals surface area contributed by atoms with Gasteiger partial charge in [-0.15, -0.1) is 0 Å². The van der Waals surface area contributed by atoms with Crippen LogP contribution in [-0.4, -0.2) is 16.1 Å². The van der Waals surface area contributed by atoms with E-state index in [1.165, 1.54) is 11.3 Å². The van der Waals surface area contributed by atoms with E-state index in [4.69, 9.17) is 4.74 Å². The molecular formula is C11H12N2O2S. The van der Waals surface area contributed by atoms with E-state index in [0.717, 1.165) is 6.29 Å². The van der Waals surface area contributed by atoms with E-state index in [2.05, 4.69) is 5.10 Å². The van der Waals surface area contributed by atoms with Crippen molar-refractivity contribution < 1.29 is 9.53 Å². The van der Waals surface area contributed by atoms with Crippen LogP contribution in [0.1, 0.15) is 29.6 Å². The highest BCUT2D eigenvalue weighted by Crippen LogP contribution is 2.28. The lowest BCUT2D eigenvalue weighted by Crippen LogP contribution is -1.99. The first-order valence-corrected chi connectivity index (χ1v) is 5.77. The molecule has 2 aromatic rings. The molecule has 5 heteroatoms. The van der Waals surface area contributed by atoms with E-state index >= 15 is 0 Å². The van der Waals surface area contributed by atoms with Crippen molar-refractivity contribution in [3.8, 4) is 10.8 Å². The summed E-state index contributed by atoms with van der Waals surface area (Å²) in [6, 6.07) is 3.83. The first-order valence-electron chi connectivity index (χ1n) is 4.96. The summed E-state index contributed by atoms with van der Waals surface area (Å²) in [5.41, 5.74) is 0. The largest absolute Gasteiger partial charge is 0.443 e. The van der Waals surface area contributed by atoms with Crippen LogP contribution < -0.4 is 4.74 Å². The van der Waals surface area contributed by atoms with Crippen LogP contribution in [0.5, 0.6) is 10.8 Å². The number of ether oxygens (including phenoxy) is 1. The van der Waals surface area contributed by atoms with Gasteiger partial charge in [-0.05, 0) is 26.0 Å². The Labute approximate surface area is 97.5 Å². The molecule has 0 unspecified atom stereocenters. The molecule has 0 spiro atoms. The summed E-state index contributed by atoms with van der Waals surface area (Å²) < 4.78 is 7.39. The Balaban J connectivity index is 2.11. The fraction of sp³-hybridized carbons (Fsp3) is 0.273. The van der Waals surface area contributed by atoms with E-state index in [1.807, 2.05) is 24.7 Å². The molecule has 0 aromatic carbocycles. The zero-order valence-corrected chi connectivity index (χ0v) is 9.90. The van der Waals surface area contributed by atoms with Gasteiger partial charge in [-0.3, -0.25) is 9.48 Å². The molecule has 0 aliphatic carbocycles. The molecule has 0 atom stereocenters. The van der Waals surface area contributed by atoms with Gasteiger partial charge in [-0.1, -0.05) is 11.3 Å². The van der Waals surface area contributed by atoms with Crippen molar-refractivity contribution in [2.24, 2.45) is 0 Å². The Morgan fingerprint density at radius 1 is 1.50 bits per heavy atom. The van der Waals surface area contributed by atoms with E-state index in [9.17, 15) is 4.79 Å². The Kier molecular flexibility index (Phi) is 3.05. The van der Waals surface area contributed by atoms with Crippen LogP contribution in [0.25, 0.3) is 0 Å². The second-order valence-corrected chi connectivity index (χ2v) is 4.70. The van der Waals surface area contributed by atoms with Crippen molar-refractivity contribution in [2.75, 3.05) is 0 Å². The summed E-state index contributed by atoms with van der Waals surface area (Å²) in [6.45, 7) is 4.10. The fourth-order valence-corrected chi connectivity index (χ4v) is 1.91. The molecule has 0 aliphatic heterocycles. The van der Waals surface area contributed by atoms with Gasteiger partial charge in [0.2, 0.25) is 0 Å². The molecule has 2 rings (SSSR count). The highest BCUT2D eigenvalue weighted by Gasteiger charge is 2.05. The predicted molar refractivity (Wildman–Crippen MR) is 62.4 cm³/mol. The number of nitrogens with zero attached hydrogens (tertiary/aromatic N) is 2. The Morgan fingerprint density at radius 2 is 2.31 bits per heavy atom. The fourth-order valence-electron chi connectivity index (χ4n) is 1.22.